The summed E-state index contributed by atoms with van der Waals surface area (Å²) in [6.45, 7) is 0. The summed E-state index contributed by atoms with van der Waals surface area (Å²) in [6.07, 6.45) is 0. The van der Waals surface area contributed by atoms with Crippen LogP contribution in [-0.2, 0) is 0 Å². The van der Waals surface area contributed by atoms with Gasteiger partial charge < -0.3 is 10.2 Å². The topological polar surface area (TPSA) is 84.0 Å². The molecule has 0 saturated carbocycles. The number of nitriles is 1. The number of hydrazine groups is 1. The fraction of sp³-hybridized carbons (Fsp3) is 0.0769. The highest BCUT2D eigenvalue weighted by molar-refractivity contribution is 5.65. The zero-order valence-corrected chi connectivity index (χ0v) is 9.84. The molecule has 1 heterocycles. The Morgan fingerprint density at radius 2 is 2.17 bits per heavy atom. The molecule has 0 unspecified atom stereocenters. The van der Waals surface area contributed by atoms with Crippen molar-refractivity contribution in [1.29, 1.82) is 5.26 Å². The lowest BCUT2D eigenvalue weighted by atomic mass is 10.1. The van der Waals surface area contributed by atoms with Crippen molar-refractivity contribution in [3.05, 3.63) is 42.0 Å². The smallest absolute Gasteiger partial charge is 0.158 e. The summed E-state index contributed by atoms with van der Waals surface area (Å²) >= 11 is 0. The average Bonchev–Trinajstić information content (AvgIpc) is 2.46. The molecule has 2 rings (SSSR count). The van der Waals surface area contributed by atoms with Crippen LogP contribution < -0.4 is 16.0 Å². The fourth-order valence-corrected chi connectivity index (χ4v) is 1.60. The maximum Gasteiger partial charge on any atom is 0.158 e. The molecule has 0 fully saturated rings. The average molecular weight is 240 g/mol. The van der Waals surface area contributed by atoms with Crippen molar-refractivity contribution in [3.63, 3.8) is 0 Å². The summed E-state index contributed by atoms with van der Waals surface area (Å²) in [5, 5.41) is 8.89. The van der Waals surface area contributed by atoms with Gasteiger partial charge in [0.05, 0.1) is 18.4 Å². The van der Waals surface area contributed by atoms with Gasteiger partial charge in [0.15, 0.2) is 5.82 Å². The van der Waals surface area contributed by atoms with E-state index in [9.17, 15) is 0 Å². The van der Waals surface area contributed by atoms with Crippen LogP contribution in [0.25, 0.3) is 11.3 Å². The van der Waals surface area contributed by atoms with E-state index in [2.05, 4.69) is 10.4 Å². The van der Waals surface area contributed by atoms with Crippen LogP contribution in [0.3, 0.4) is 0 Å². The van der Waals surface area contributed by atoms with E-state index in [1.165, 1.54) is 0 Å². The molecule has 0 saturated heterocycles. The van der Waals surface area contributed by atoms with Crippen LogP contribution in [0.15, 0.2) is 36.4 Å². The Labute approximate surface area is 105 Å². The molecule has 0 bridgehead atoms. The number of aromatic nitrogens is 1. The van der Waals surface area contributed by atoms with E-state index in [0.29, 0.717) is 11.4 Å². The van der Waals surface area contributed by atoms with Crippen LogP contribution in [0.4, 0.5) is 5.82 Å². The van der Waals surface area contributed by atoms with Crippen molar-refractivity contribution < 1.29 is 4.74 Å². The van der Waals surface area contributed by atoms with E-state index in [1.807, 2.05) is 30.3 Å². The number of nitrogens with one attached hydrogen (secondary N) is 1. The first-order chi connectivity index (χ1) is 8.78. The lowest BCUT2D eigenvalue weighted by Gasteiger charge is -2.07. The van der Waals surface area contributed by atoms with Gasteiger partial charge in [-0.2, -0.15) is 5.26 Å². The van der Waals surface area contributed by atoms with Crippen molar-refractivity contribution in [3.8, 4) is 23.1 Å². The molecule has 3 N–H and O–H groups in total. The SMILES string of the molecule is COc1cccc(-c2ccc(C#N)c(NN)n2)c1. The number of nitrogens with zero attached hydrogens (tertiary/aromatic N) is 2. The molecule has 0 spiro atoms. The monoisotopic (exact) mass is 240 g/mol. The third-order valence-electron chi connectivity index (χ3n) is 2.52. The number of methoxy groups -OCH3 is 1. The Kier molecular flexibility index (Phi) is 3.41. The minimum Gasteiger partial charge on any atom is -0.497 e. The van der Waals surface area contributed by atoms with Crippen LogP contribution in [-0.4, -0.2) is 12.1 Å². The lowest BCUT2D eigenvalue weighted by Crippen LogP contribution is -2.10. The van der Waals surface area contributed by atoms with Crippen molar-refractivity contribution in [2.75, 3.05) is 12.5 Å². The molecule has 0 amide bonds. The van der Waals surface area contributed by atoms with E-state index in [1.54, 1.807) is 19.2 Å². The molecule has 0 aliphatic heterocycles. The second kappa shape index (κ2) is 5.17. The number of nitrogen functional groups attached to an aromatic ring is 1. The normalized spacial score (nSPS) is 9.61. The van der Waals surface area contributed by atoms with Crippen LogP contribution in [0.1, 0.15) is 5.56 Å². The minimum absolute atomic E-state index is 0.359. The molecule has 1 aromatic heterocycles. The van der Waals surface area contributed by atoms with Crippen LogP contribution in [0, 0.1) is 11.3 Å². The van der Waals surface area contributed by atoms with Gasteiger partial charge in [-0.15, -0.1) is 0 Å². The quantitative estimate of drug-likeness (QED) is 0.632. The zero-order chi connectivity index (χ0) is 13.0. The van der Waals surface area contributed by atoms with Gasteiger partial charge in [0.25, 0.3) is 0 Å². The van der Waals surface area contributed by atoms with Crippen LogP contribution in [0.2, 0.25) is 0 Å². The number of benzene rings is 1. The summed E-state index contributed by atoms with van der Waals surface area (Å²) < 4.78 is 5.16. The number of ether oxygens (including phenoxy) is 1. The van der Waals surface area contributed by atoms with Crippen molar-refractivity contribution in [2.45, 2.75) is 0 Å². The molecular weight excluding hydrogens is 228 g/mol. The second-order valence-corrected chi connectivity index (χ2v) is 3.58. The molecule has 18 heavy (non-hydrogen) atoms. The van der Waals surface area contributed by atoms with Crippen molar-refractivity contribution in [1.82, 2.24) is 4.98 Å². The third kappa shape index (κ3) is 2.24. The van der Waals surface area contributed by atoms with Crippen LogP contribution >= 0.6 is 0 Å². The Balaban J connectivity index is 2.48. The molecule has 0 radical (unpaired) electrons. The van der Waals surface area contributed by atoms with E-state index in [4.69, 9.17) is 15.8 Å². The third-order valence-corrected chi connectivity index (χ3v) is 2.52. The van der Waals surface area contributed by atoms with Crippen molar-refractivity contribution >= 4 is 5.82 Å². The predicted octanol–water partition coefficient (Wildman–Crippen LogP) is 1.91. The summed E-state index contributed by atoms with van der Waals surface area (Å²) in [7, 11) is 1.61. The van der Waals surface area contributed by atoms with Crippen LogP contribution in [0.5, 0.6) is 5.75 Å². The first kappa shape index (κ1) is 11.9. The molecule has 5 heteroatoms. The number of anilines is 1. The van der Waals surface area contributed by atoms with Gasteiger partial charge in [0, 0.05) is 5.56 Å². The van der Waals surface area contributed by atoms with E-state index >= 15 is 0 Å². The lowest BCUT2D eigenvalue weighted by molar-refractivity contribution is 0.415. The maximum absolute atomic E-state index is 8.89. The number of hydrogen-bond donors (Lipinski definition) is 2. The highest BCUT2D eigenvalue weighted by Gasteiger charge is 2.06. The molecule has 1 aromatic carbocycles. The minimum atomic E-state index is 0.359. The van der Waals surface area contributed by atoms with E-state index < -0.39 is 0 Å². The summed E-state index contributed by atoms with van der Waals surface area (Å²) in [4.78, 5) is 4.29. The first-order valence-electron chi connectivity index (χ1n) is 5.30. The first-order valence-corrected chi connectivity index (χ1v) is 5.30. The summed E-state index contributed by atoms with van der Waals surface area (Å²) in [6, 6.07) is 13.0. The van der Waals surface area contributed by atoms with Gasteiger partial charge in [-0.1, -0.05) is 12.1 Å². The van der Waals surface area contributed by atoms with Gasteiger partial charge in [-0.3, -0.25) is 0 Å². The summed E-state index contributed by atoms with van der Waals surface area (Å²) in [5.41, 5.74) is 4.45. The molecule has 5 nitrogen and oxygen atoms in total. The van der Waals surface area contributed by atoms with Crippen molar-refractivity contribution in [2.24, 2.45) is 5.84 Å². The number of pyridine rings is 1. The van der Waals surface area contributed by atoms with E-state index in [0.717, 1.165) is 17.0 Å². The molecular formula is C13H12N4O. The zero-order valence-electron chi connectivity index (χ0n) is 9.84. The van der Waals surface area contributed by atoms with Gasteiger partial charge >= 0.3 is 0 Å². The molecule has 90 valence electrons. The highest BCUT2D eigenvalue weighted by Crippen LogP contribution is 2.24. The standard InChI is InChI=1S/C13H12N4O/c1-18-11-4-2-3-9(7-11)12-6-5-10(8-14)13(16-12)17-15/h2-7H,15H2,1H3,(H,16,17). The Bertz CT molecular complexity index is 604. The highest BCUT2D eigenvalue weighted by atomic mass is 16.5. The fourth-order valence-electron chi connectivity index (χ4n) is 1.60. The number of rotatable bonds is 3. The maximum atomic E-state index is 8.89. The molecule has 2 aromatic rings. The van der Waals surface area contributed by atoms with Gasteiger partial charge in [-0.05, 0) is 24.3 Å². The molecule has 0 aliphatic rings. The van der Waals surface area contributed by atoms with E-state index in [-0.39, 0.29) is 0 Å². The number of hydrogen-bond acceptors (Lipinski definition) is 5. The second-order valence-electron chi connectivity index (χ2n) is 3.58. The molecule has 0 aliphatic carbocycles. The largest absolute Gasteiger partial charge is 0.497 e. The Hall–Kier alpha value is -2.58. The Morgan fingerprint density at radius 1 is 1.33 bits per heavy atom. The van der Waals surface area contributed by atoms with Gasteiger partial charge in [0.1, 0.15) is 11.8 Å². The Morgan fingerprint density at radius 3 is 2.83 bits per heavy atom. The predicted molar refractivity (Wildman–Crippen MR) is 68.8 cm³/mol. The van der Waals surface area contributed by atoms with Gasteiger partial charge in [0.2, 0.25) is 0 Å². The molecule has 0 atom stereocenters. The summed E-state index contributed by atoms with van der Waals surface area (Å²) in [5.74, 6) is 6.45. The number of nitrogens with two attached hydrogens (primary N) is 1. The van der Waals surface area contributed by atoms with Gasteiger partial charge in [-0.25, -0.2) is 10.8 Å².